The van der Waals surface area contributed by atoms with E-state index in [0.29, 0.717) is 5.56 Å². The van der Waals surface area contributed by atoms with E-state index >= 15 is 0 Å². The highest BCUT2D eigenvalue weighted by atomic mass is 32.2. The maximum atomic E-state index is 12.5. The Hall–Kier alpha value is -1.89. The van der Waals surface area contributed by atoms with Gasteiger partial charge in [0.1, 0.15) is 6.04 Å². The van der Waals surface area contributed by atoms with E-state index in [1.54, 1.807) is 25.1 Å². The van der Waals surface area contributed by atoms with Crippen LogP contribution in [0, 0.1) is 12.8 Å². The van der Waals surface area contributed by atoms with Gasteiger partial charge in [-0.05, 0) is 37.3 Å². The number of carbonyl (C=O) groups is 2. The van der Waals surface area contributed by atoms with Crippen LogP contribution in [0.1, 0.15) is 38.2 Å². The number of nitrogens with one attached hydrogen (secondary N) is 2. The summed E-state index contributed by atoms with van der Waals surface area (Å²) >= 11 is 0. The molecule has 23 heavy (non-hydrogen) atoms. The van der Waals surface area contributed by atoms with E-state index in [0.717, 1.165) is 25.7 Å². The Morgan fingerprint density at radius 1 is 1.17 bits per heavy atom. The van der Waals surface area contributed by atoms with Crippen molar-refractivity contribution < 1.29 is 18.0 Å². The third kappa shape index (κ3) is 4.31. The summed E-state index contributed by atoms with van der Waals surface area (Å²) in [6.07, 6.45) is 3.59. The Bertz CT molecular complexity index is 694. The van der Waals surface area contributed by atoms with Crippen molar-refractivity contribution in [2.75, 3.05) is 0 Å². The van der Waals surface area contributed by atoms with E-state index < -0.39 is 22.0 Å². The third-order valence-electron chi connectivity index (χ3n) is 4.13. The van der Waals surface area contributed by atoms with Gasteiger partial charge in [0.15, 0.2) is 0 Å². The van der Waals surface area contributed by atoms with Crippen molar-refractivity contribution in [1.82, 2.24) is 10.0 Å². The molecule has 2 amide bonds. The van der Waals surface area contributed by atoms with Crippen molar-refractivity contribution >= 4 is 21.8 Å². The van der Waals surface area contributed by atoms with Gasteiger partial charge in [0, 0.05) is 6.92 Å². The normalized spacial score (nSPS) is 16.8. The Balaban J connectivity index is 2.20. The molecule has 0 radical (unpaired) electrons. The van der Waals surface area contributed by atoms with E-state index in [1.165, 1.54) is 13.0 Å². The van der Waals surface area contributed by atoms with Crippen molar-refractivity contribution in [3.63, 3.8) is 0 Å². The molecule has 1 aromatic carbocycles. The molecule has 0 bridgehead atoms. The molecule has 0 heterocycles. The lowest BCUT2D eigenvalue weighted by Crippen LogP contribution is -2.51. The first-order valence-corrected chi connectivity index (χ1v) is 9.19. The summed E-state index contributed by atoms with van der Waals surface area (Å²) < 4.78 is 27.0. The quantitative estimate of drug-likeness (QED) is 0.851. The van der Waals surface area contributed by atoms with Crippen LogP contribution in [0.25, 0.3) is 0 Å². The predicted molar refractivity (Wildman–Crippen MR) is 86.1 cm³/mol. The van der Waals surface area contributed by atoms with Gasteiger partial charge in [0.2, 0.25) is 5.91 Å². The lowest BCUT2D eigenvalue weighted by atomic mass is 9.97. The van der Waals surface area contributed by atoms with Crippen LogP contribution in [0.4, 0.5) is 0 Å². The standard InChI is InChI=1S/C16H22N2O4S/c1-11-7-3-6-10-14(11)23(21,22)18-16(20)15(17-12(2)19)13-8-4-5-9-13/h3,6-7,10,13,15H,4-5,8-9H2,1-2H3,(H,17,19)(H,18,20). The average Bonchev–Trinajstić information content (AvgIpc) is 2.98. The lowest BCUT2D eigenvalue weighted by Gasteiger charge is -2.23. The third-order valence-corrected chi connectivity index (χ3v) is 5.64. The number of carbonyl (C=O) groups excluding carboxylic acids is 2. The van der Waals surface area contributed by atoms with Crippen LogP contribution in [-0.4, -0.2) is 26.3 Å². The molecule has 126 valence electrons. The maximum Gasteiger partial charge on any atom is 0.264 e. The fourth-order valence-electron chi connectivity index (χ4n) is 3.02. The first-order valence-electron chi connectivity index (χ1n) is 7.70. The molecular weight excluding hydrogens is 316 g/mol. The van der Waals surface area contributed by atoms with E-state index in [9.17, 15) is 18.0 Å². The highest BCUT2D eigenvalue weighted by molar-refractivity contribution is 7.90. The highest BCUT2D eigenvalue weighted by Gasteiger charge is 2.33. The Labute approximate surface area is 136 Å². The largest absolute Gasteiger partial charge is 0.344 e. The van der Waals surface area contributed by atoms with Gasteiger partial charge in [-0.1, -0.05) is 31.0 Å². The summed E-state index contributed by atoms with van der Waals surface area (Å²) in [7, 11) is -3.95. The van der Waals surface area contributed by atoms with Crippen LogP contribution in [-0.2, 0) is 19.6 Å². The highest BCUT2D eigenvalue weighted by Crippen LogP contribution is 2.28. The Morgan fingerprint density at radius 3 is 2.35 bits per heavy atom. The molecule has 0 aromatic heterocycles. The molecule has 7 heteroatoms. The molecule has 0 saturated heterocycles. The van der Waals surface area contributed by atoms with Gasteiger partial charge in [-0.15, -0.1) is 0 Å². The molecule has 1 atom stereocenters. The second-order valence-electron chi connectivity index (χ2n) is 5.96. The van der Waals surface area contributed by atoms with Crippen LogP contribution in [0.2, 0.25) is 0 Å². The van der Waals surface area contributed by atoms with Gasteiger partial charge in [-0.3, -0.25) is 9.59 Å². The fraction of sp³-hybridized carbons (Fsp3) is 0.500. The number of hydrogen-bond acceptors (Lipinski definition) is 4. The van der Waals surface area contributed by atoms with Crippen LogP contribution in [0.5, 0.6) is 0 Å². The Kier molecular flexibility index (Phi) is 5.41. The summed E-state index contributed by atoms with van der Waals surface area (Å²) in [6, 6.07) is 5.65. The van der Waals surface area contributed by atoms with Crippen molar-refractivity contribution in [2.24, 2.45) is 5.92 Å². The van der Waals surface area contributed by atoms with E-state index in [-0.39, 0.29) is 16.7 Å². The van der Waals surface area contributed by atoms with E-state index in [4.69, 9.17) is 0 Å². The van der Waals surface area contributed by atoms with Crippen molar-refractivity contribution in [3.8, 4) is 0 Å². The number of rotatable bonds is 5. The summed E-state index contributed by atoms with van der Waals surface area (Å²) in [5.74, 6) is -1.04. The summed E-state index contributed by atoms with van der Waals surface area (Å²) in [4.78, 5) is 23.9. The zero-order valence-corrected chi connectivity index (χ0v) is 14.2. The van der Waals surface area contributed by atoms with Gasteiger partial charge in [-0.25, -0.2) is 13.1 Å². The van der Waals surface area contributed by atoms with Crippen molar-refractivity contribution in [2.45, 2.75) is 50.5 Å². The summed E-state index contributed by atoms with van der Waals surface area (Å²) in [5, 5.41) is 2.59. The minimum absolute atomic E-state index is 0.0222. The van der Waals surface area contributed by atoms with Crippen LogP contribution in [0.15, 0.2) is 29.2 Å². The second-order valence-corrected chi connectivity index (χ2v) is 7.61. The van der Waals surface area contributed by atoms with Gasteiger partial charge >= 0.3 is 0 Å². The summed E-state index contributed by atoms with van der Waals surface area (Å²) in [6.45, 7) is 2.99. The molecule has 2 N–H and O–H groups in total. The Morgan fingerprint density at radius 2 is 1.78 bits per heavy atom. The SMILES string of the molecule is CC(=O)NC(C(=O)NS(=O)(=O)c1ccccc1C)C1CCCC1. The van der Waals surface area contributed by atoms with Crippen LogP contribution < -0.4 is 10.0 Å². The zero-order chi connectivity index (χ0) is 17.0. The van der Waals surface area contributed by atoms with Gasteiger partial charge in [0.05, 0.1) is 4.90 Å². The maximum absolute atomic E-state index is 12.5. The van der Waals surface area contributed by atoms with Gasteiger partial charge < -0.3 is 5.32 Å². The first-order chi connectivity index (χ1) is 10.8. The fourth-order valence-corrected chi connectivity index (χ4v) is 4.27. The number of amides is 2. The zero-order valence-electron chi connectivity index (χ0n) is 13.3. The van der Waals surface area contributed by atoms with Crippen molar-refractivity contribution in [1.29, 1.82) is 0 Å². The second kappa shape index (κ2) is 7.12. The topological polar surface area (TPSA) is 92.3 Å². The van der Waals surface area contributed by atoms with Gasteiger partial charge in [-0.2, -0.15) is 0 Å². The molecule has 1 saturated carbocycles. The monoisotopic (exact) mass is 338 g/mol. The van der Waals surface area contributed by atoms with Crippen LogP contribution >= 0.6 is 0 Å². The number of aryl methyl sites for hydroxylation is 1. The summed E-state index contributed by atoms with van der Waals surface area (Å²) in [5.41, 5.74) is 0.560. The lowest BCUT2D eigenvalue weighted by molar-refractivity contribution is -0.128. The minimum Gasteiger partial charge on any atom is -0.344 e. The molecule has 1 fully saturated rings. The van der Waals surface area contributed by atoms with Crippen LogP contribution in [0.3, 0.4) is 0 Å². The van der Waals surface area contributed by atoms with E-state index in [1.807, 2.05) is 0 Å². The van der Waals surface area contributed by atoms with E-state index in [2.05, 4.69) is 10.0 Å². The molecule has 1 unspecified atom stereocenters. The predicted octanol–water partition coefficient (Wildman–Crippen LogP) is 1.49. The molecule has 1 aliphatic rings. The minimum atomic E-state index is -3.95. The number of benzene rings is 1. The number of hydrogen-bond donors (Lipinski definition) is 2. The first kappa shape index (κ1) is 17.5. The molecule has 1 aromatic rings. The smallest absolute Gasteiger partial charge is 0.264 e. The van der Waals surface area contributed by atoms with Crippen molar-refractivity contribution in [3.05, 3.63) is 29.8 Å². The van der Waals surface area contributed by atoms with Gasteiger partial charge in [0.25, 0.3) is 15.9 Å². The number of sulfonamides is 1. The molecule has 2 rings (SSSR count). The molecular formula is C16H22N2O4S. The molecule has 6 nitrogen and oxygen atoms in total. The molecule has 1 aliphatic carbocycles. The molecule has 0 aliphatic heterocycles. The average molecular weight is 338 g/mol. The molecule has 0 spiro atoms.